The number of alkyl halides is 3. The number of nitrogens with zero attached hydrogens (tertiary/aromatic N) is 3. The maximum Gasteiger partial charge on any atom is 0.433 e. The molecule has 0 unspecified atom stereocenters. The number of rotatable bonds is 5. The van der Waals surface area contributed by atoms with E-state index in [4.69, 9.17) is 4.98 Å². The van der Waals surface area contributed by atoms with Crippen molar-refractivity contribution in [3.63, 3.8) is 0 Å². The Kier molecular flexibility index (Phi) is 6.29. The molecule has 40 heavy (non-hydrogen) atoms. The summed E-state index contributed by atoms with van der Waals surface area (Å²) < 4.78 is 39.3. The van der Waals surface area contributed by atoms with E-state index in [2.05, 4.69) is 9.97 Å². The van der Waals surface area contributed by atoms with Gasteiger partial charge in [0.2, 0.25) is 0 Å². The van der Waals surface area contributed by atoms with Crippen molar-refractivity contribution in [1.82, 2.24) is 19.9 Å². The van der Waals surface area contributed by atoms with Crippen LogP contribution in [-0.4, -0.2) is 37.4 Å². The lowest BCUT2D eigenvalue weighted by Gasteiger charge is -2.30. The number of fused-ring (bicyclic) bond motifs is 1. The van der Waals surface area contributed by atoms with E-state index in [1.807, 2.05) is 30.3 Å². The first-order chi connectivity index (χ1) is 19.2. The zero-order valence-corrected chi connectivity index (χ0v) is 21.3. The molecule has 0 saturated heterocycles. The van der Waals surface area contributed by atoms with E-state index < -0.39 is 23.9 Å². The number of aromatic nitrogens is 3. The number of carbonyl (C=O) groups is 1. The summed E-state index contributed by atoms with van der Waals surface area (Å²) in [6, 6.07) is 19.6. The van der Waals surface area contributed by atoms with E-state index in [9.17, 15) is 27.9 Å². The topological polar surface area (TPSA) is 99.2 Å². The summed E-state index contributed by atoms with van der Waals surface area (Å²) in [5.41, 5.74) is 1.14. The first-order valence-electron chi connectivity index (χ1n) is 13.0. The number of halogens is 3. The summed E-state index contributed by atoms with van der Waals surface area (Å²) in [7, 11) is 0. The lowest BCUT2D eigenvalue weighted by atomic mass is 9.94. The van der Waals surface area contributed by atoms with Crippen LogP contribution in [0.4, 0.5) is 13.2 Å². The molecule has 10 heteroatoms. The van der Waals surface area contributed by atoms with Crippen LogP contribution < -0.4 is 5.56 Å². The molecule has 4 aromatic rings. The maximum atomic E-state index is 13.3. The molecule has 7 nitrogen and oxygen atoms in total. The van der Waals surface area contributed by atoms with Crippen molar-refractivity contribution in [1.29, 1.82) is 0 Å². The quantitative estimate of drug-likeness (QED) is 0.383. The Balaban J connectivity index is 1.22. The first kappa shape index (κ1) is 25.9. The number of aliphatic hydroxyl groups excluding tert-OH is 1. The Labute approximate surface area is 227 Å². The standard InChI is InChI=1S/C30H25F3N4O3/c31-30(32,33)24-11-5-10-22(34-24)18-6-4-7-19(16-18)25(38)27(40)37-15-12-23-21(17-37)26(39)36-28(35-23)29(13-14-29)20-8-2-1-3-9-20/h1-11,16,25,38H,12-15,17H2,(H,35,36,39)/t25-/m1/s1. The average Bonchev–Trinajstić information content (AvgIpc) is 3.79. The number of nitrogens with one attached hydrogen (secondary N) is 1. The van der Waals surface area contributed by atoms with Gasteiger partial charge in [0.1, 0.15) is 11.5 Å². The Morgan fingerprint density at radius 3 is 2.48 bits per heavy atom. The van der Waals surface area contributed by atoms with E-state index >= 15 is 0 Å². The molecule has 0 bridgehead atoms. The summed E-state index contributed by atoms with van der Waals surface area (Å²) in [4.78, 5) is 39.2. The third kappa shape index (κ3) is 4.68. The van der Waals surface area contributed by atoms with Gasteiger partial charge in [0.25, 0.3) is 11.5 Å². The fourth-order valence-electron chi connectivity index (χ4n) is 5.32. The predicted molar refractivity (Wildman–Crippen MR) is 140 cm³/mol. The minimum atomic E-state index is -4.60. The van der Waals surface area contributed by atoms with Crippen molar-refractivity contribution in [3.05, 3.63) is 117 Å². The van der Waals surface area contributed by atoms with Gasteiger partial charge in [-0.25, -0.2) is 9.97 Å². The van der Waals surface area contributed by atoms with Gasteiger partial charge in [-0.3, -0.25) is 9.59 Å². The molecule has 1 fully saturated rings. The van der Waals surface area contributed by atoms with Crippen molar-refractivity contribution in [3.8, 4) is 11.3 Å². The van der Waals surface area contributed by atoms with Gasteiger partial charge in [-0.05, 0) is 42.2 Å². The van der Waals surface area contributed by atoms with Crippen molar-refractivity contribution in [2.45, 2.75) is 43.5 Å². The van der Waals surface area contributed by atoms with Crippen molar-refractivity contribution in [2.24, 2.45) is 0 Å². The molecule has 1 amide bonds. The van der Waals surface area contributed by atoms with Gasteiger partial charge < -0.3 is 15.0 Å². The Morgan fingerprint density at radius 2 is 1.75 bits per heavy atom. The Morgan fingerprint density at radius 1 is 1.00 bits per heavy atom. The van der Waals surface area contributed by atoms with Gasteiger partial charge in [-0.2, -0.15) is 13.2 Å². The smallest absolute Gasteiger partial charge is 0.378 e. The fourth-order valence-corrected chi connectivity index (χ4v) is 5.32. The van der Waals surface area contributed by atoms with Crippen LogP contribution in [-0.2, 0) is 29.4 Å². The molecule has 2 aliphatic rings. The number of amides is 1. The van der Waals surface area contributed by atoms with Crippen LogP contribution in [0.5, 0.6) is 0 Å². The summed E-state index contributed by atoms with van der Waals surface area (Å²) in [5, 5.41) is 10.9. The molecule has 2 aromatic heterocycles. The van der Waals surface area contributed by atoms with Gasteiger partial charge in [0.05, 0.1) is 28.9 Å². The minimum Gasteiger partial charge on any atom is -0.378 e. The fraction of sp³-hybridized carbons (Fsp3) is 0.267. The number of H-pyrrole nitrogens is 1. The zero-order chi connectivity index (χ0) is 28.1. The molecule has 204 valence electrons. The number of benzene rings is 2. The van der Waals surface area contributed by atoms with Gasteiger partial charge in [0.15, 0.2) is 6.10 Å². The largest absolute Gasteiger partial charge is 0.433 e. The number of pyridine rings is 1. The highest BCUT2D eigenvalue weighted by molar-refractivity contribution is 5.83. The Bertz CT molecular complexity index is 1650. The van der Waals surface area contributed by atoms with Crippen LogP contribution in [0.2, 0.25) is 0 Å². The number of hydrogen-bond donors (Lipinski definition) is 2. The van der Waals surface area contributed by atoms with Gasteiger partial charge in [0, 0.05) is 18.5 Å². The third-order valence-corrected chi connectivity index (χ3v) is 7.68. The predicted octanol–water partition coefficient (Wildman–Crippen LogP) is 4.55. The van der Waals surface area contributed by atoms with Crippen molar-refractivity contribution in [2.75, 3.05) is 6.54 Å². The van der Waals surface area contributed by atoms with Gasteiger partial charge in [-0.1, -0.05) is 54.6 Å². The molecule has 0 spiro atoms. The summed E-state index contributed by atoms with van der Waals surface area (Å²) in [6.07, 6.45) is -4.01. The van der Waals surface area contributed by atoms with E-state index in [-0.39, 0.29) is 35.3 Å². The minimum absolute atomic E-state index is 0.00104. The van der Waals surface area contributed by atoms with E-state index in [0.29, 0.717) is 29.1 Å². The molecule has 0 radical (unpaired) electrons. The van der Waals surface area contributed by atoms with E-state index in [1.165, 1.54) is 29.2 Å². The Hall–Kier alpha value is -4.31. The van der Waals surface area contributed by atoms with Crippen LogP contribution in [0.3, 0.4) is 0 Å². The van der Waals surface area contributed by atoms with Gasteiger partial charge >= 0.3 is 6.18 Å². The molecule has 2 N–H and O–H groups in total. The molecule has 6 rings (SSSR count). The highest BCUT2D eigenvalue weighted by Gasteiger charge is 2.48. The highest BCUT2D eigenvalue weighted by Crippen LogP contribution is 2.52. The lowest BCUT2D eigenvalue weighted by molar-refractivity contribution is -0.142. The second-order valence-corrected chi connectivity index (χ2v) is 10.2. The molecule has 2 aromatic carbocycles. The molecule has 1 aliphatic heterocycles. The second-order valence-electron chi connectivity index (χ2n) is 10.2. The third-order valence-electron chi connectivity index (χ3n) is 7.68. The number of hydrogen-bond acceptors (Lipinski definition) is 5. The number of aliphatic hydroxyl groups is 1. The van der Waals surface area contributed by atoms with Crippen LogP contribution in [0.1, 0.15) is 52.8 Å². The van der Waals surface area contributed by atoms with E-state index in [1.54, 1.807) is 12.1 Å². The zero-order valence-electron chi connectivity index (χ0n) is 21.3. The van der Waals surface area contributed by atoms with Crippen LogP contribution in [0, 0.1) is 0 Å². The number of aromatic amines is 1. The number of carbonyl (C=O) groups excluding carboxylic acids is 1. The normalized spacial score (nSPS) is 16.8. The maximum absolute atomic E-state index is 13.3. The highest BCUT2D eigenvalue weighted by atomic mass is 19.4. The van der Waals surface area contributed by atoms with Crippen molar-refractivity contribution >= 4 is 5.91 Å². The summed E-state index contributed by atoms with van der Waals surface area (Å²) in [6.45, 7) is 0.271. The van der Waals surface area contributed by atoms with Crippen LogP contribution in [0.25, 0.3) is 11.3 Å². The monoisotopic (exact) mass is 546 g/mol. The summed E-state index contributed by atoms with van der Waals surface area (Å²) >= 11 is 0. The molecule has 1 saturated carbocycles. The molecular weight excluding hydrogens is 521 g/mol. The van der Waals surface area contributed by atoms with E-state index in [0.717, 1.165) is 24.5 Å². The SMILES string of the molecule is O=C([C@H](O)c1cccc(-c2cccc(C(F)(F)F)n2)c1)N1CCc2nc(C3(c4ccccc4)CC3)[nH]c(=O)c2C1. The molecular formula is C30H25F3N4O3. The molecule has 1 aliphatic carbocycles. The first-order valence-corrected chi connectivity index (χ1v) is 13.0. The van der Waals surface area contributed by atoms with Crippen LogP contribution >= 0.6 is 0 Å². The molecule has 1 atom stereocenters. The van der Waals surface area contributed by atoms with Crippen molar-refractivity contribution < 1.29 is 23.1 Å². The van der Waals surface area contributed by atoms with Gasteiger partial charge in [-0.15, -0.1) is 0 Å². The second kappa shape index (κ2) is 9.71. The molecule has 3 heterocycles. The van der Waals surface area contributed by atoms with Crippen LogP contribution in [0.15, 0.2) is 77.6 Å². The lowest BCUT2D eigenvalue weighted by Crippen LogP contribution is -2.42. The summed E-state index contributed by atoms with van der Waals surface area (Å²) in [5.74, 6) is 0.0357. The average molecular weight is 547 g/mol.